The number of ether oxygens (including phenoxy) is 1. The molecule has 220 valence electrons. The van der Waals surface area contributed by atoms with Crippen molar-refractivity contribution in [1.29, 1.82) is 0 Å². The molecule has 6 rings (SSSR count). The SMILES string of the molecule is CC(=O)N1CCC(COc2ncc3c(N4C[C@H](C)N[C@@H](C)C4)ccc(C(=O)Nc4cc(F)c5nn(C)cc5c4)c3n2)C1. The molecule has 2 saturated heterocycles. The van der Waals surface area contributed by atoms with Crippen LogP contribution in [0.25, 0.3) is 21.8 Å². The molecule has 4 heterocycles. The molecule has 2 amide bonds. The van der Waals surface area contributed by atoms with Gasteiger partial charge in [0.2, 0.25) is 5.91 Å². The summed E-state index contributed by atoms with van der Waals surface area (Å²) < 4.78 is 22.2. The number of nitrogens with one attached hydrogen (secondary N) is 2. The van der Waals surface area contributed by atoms with E-state index in [1.807, 2.05) is 11.0 Å². The highest BCUT2D eigenvalue weighted by Gasteiger charge is 2.27. The lowest BCUT2D eigenvalue weighted by Gasteiger charge is -2.38. The van der Waals surface area contributed by atoms with E-state index in [2.05, 4.69) is 39.5 Å². The Morgan fingerprint density at radius 3 is 2.67 bits per heavy atom. The molecule has 0 aliphatic carbocycles. The van der Waals surface area contributed by atoms with Crippen molar-refractivity contribution in [3.8, 4) is 6.01 Å². The minimum atomic E-state index is -0.515. The van der Waals surface area contributed by atoms with Crippen LogP contribution in [-0.2, 0) is 11.8 Å². The molecule has 3 atom stereocenters. The summed E-state index contributed by atoms with van der Waals surface area (Å²) in [5.41, 5.74) is 2.28. The third-order valence-corrected chi connectivity index (χ3v) is 7.96. The summed E-state index contributed by atoms with van der Waals surface area (Å²) >= 11 is 0. The Morgan fingerprint density at radius 2 is 1.93 bits per heavy atom. The monoisotopic (exact) mass is 574 g/mol. The number of amides is 2. The lowest BCUT2D eigenvalue weighted by atomic mass is 10.0. The number of fused-ring (bicyclic) bond motifs is 2. The third kappa shape index (κ3) is 5.58. The first-order valence-corrected chi connectivity index (χ1v) is 14.3. The number of nitrogens with zero attached hydrogens (tertiary/aromatic N) is 6. The van der Waals surface area contributed by atoms with Crippen LogP contribution in [0.2, 0.25) is 0 Å². The lowest BCUT2D eigenvalue weighted by molar-refractivity contribution is -0.127. The number of carbonyl (C=O) groups excluding carboxylic acids is 2. The van der Waals surface area contributed by atoms with Crippen LogP contribution in [0, 0.1) is 11.7 Å². The van der Waals surface area contributed by atoms with Gasteiger partial charge in [0.25, 0.3) is 5.91 Å². The van der Waals surface area contributed by atoms with E-state index < -0.39 is 11.7 Å². The predicted molar refractivity (Wildman–Crippen MR) is 158 cm³/mol. The fourth-order valence-corrected chi connectivity index (χ4v) is 6.07. The Balaban J connectivity index is 1.32. The number of halogens is 1. The van der Waals surface area contributed by atoms with Crippen LogP contribution in [0.3, 0.4) is 0 Å². The van der Waals surface area contributed by atoms with Crippen molar-refractivity contribution in [2.24, 2.45) is 13.0 Å². The summed E-state index contributed by atoms with van der Waals surface area (Å²) in [6.07, 6.45) is 4.26. The molecule has 4 aromatic rings. The van der Waals surface area contributed by atoms with E-state index in [1.54, 1.807) is 38.5 Å². The average molecular weight is 575 g/mol. The minimum absolute atomic E-state index is 0.0572. The average Bonchev–Trinajstić information content (AvgIpc) is 3.57. The number of piperazine rings is 1. The first kappa shape index (κ1) is 27.8. The van der Waals surface area contributed by atoms with Crippen molar-refractivity contribution in [2.75, 3.05) is 43.0 Å². The fraction of sp³-hybridized carbons (Fsp3) is 0.433. The largest absolute Gasteiger partial charge is 0.463 e. The van der Waals surface area contributed by atoms with Gasteiger partial charge in [-0.05, 0) is 44.5 Å². The van der Waals surface area contributed by atoms with Crippen LogP contribution in [0.1, 0.15) is 37.6 Å². The molecule has 2 N–H and O–H groups in total. The number of rotatable bonds is 6. The molecular formula is C30H35FN8O3. The second kappa shape index (κ2) is 11.2. The van der Waals surface area contributed by atoms with Crippen molar-refractivity contribution in [3.63, 3.8) is 0 Å². The number of aryl methyl sites for hydroxylation is 1. The molecule has 0 bridgehead atoms. The van der Waals surface area contributed by atoms with Crippen LogP contribution < -0.4 is 20.3 Å². The lowest BCUT2D eigenvalue weighted by Crippen LogP contribution is -2.54. The van der Waals surface area contributed by atoms with Crippen LogP contribution in [-0.4, -0.2) is 81.3 Å². The number of carbonyl (C=O) groups is 2. The molecule has 2 aliphatic rings. The number of anilines is 2. The summed E-state index contributed by atoms with van der Waals surface area (Å²) in [5.74, 6) is -0.697. The highest BCUT2D eigenvalue weighted by atomic mass is 19.1. The Bertz CT molecular complexity index is 1660. The summed E-state index contributed by atoms with van der Waals surface area (Å²) in [4.78, 5) is 38.7. The van der Waals surface area contributed by atoms with Crippen LogP contribution in [0.15, 0.2) is 36.7 Å². The number of aromatic nitrogens is 4. The highest BCUT2D eigenvalue weighted by Crippen LogP contribution is 2.32. The van der Waals surface area contributed by atoms with Crippen molar-refractivity contribution >= 4 is 45.0 Å². The maximum absolute atomic E-state index is 14.7. The van der Waals surface area contributed by atoms with E-state index in [-0.39, 0.29) is 35.4 Å². The van der Waals surface area contributed by atoms with E-state index >= 15 is 0 Å². The van der Waals surface area contributed by atoms with Crippen molar-refractivity contribution in [2.45, 2.75) is 39.3 Å². The van der Waals surface area contributed by atoms with Crippen LogP contribution in [0.5, 0.6) is 6.01 Å². The van der Waals surface area contributed by atoms with Gasteiger partial charge < -0.3 is 25.2 Å². The van der Waals surface area contributed by atoms with Crippen LogP contribution in [0.4, 0.5) is 15.8 Å². The number of hydrogen-bond acceptors (Lipinski definition) is 8. The molecule has 42 heavy (non-hydrogen) atoms. The maximum Gasteiger partial charge on any atom is 0.316 e. The summed E-state index contributed by atoms with van der Waals surface area (Å²) in [6.45, 7) is 9.16. The van der Waals surface area contributed by atoms with E-state index in [9.17, 15) is 14.0 Å². The third-order valence-electron chi connectivity index (χ3n) is 7.96. The number of likely N-dealkylation sites (tertiary alicyclic amines) is 1. The van der Waals surface area contributed by atoms with Gasteiger partial charge in [0, 0.05) is 92.7 Å². The molecule has 2 fully saturated rings. The summed E-state index contributed by atoms with van der Waals surface area (Å²) in [7, 11) is 1.72. The summed E-state index contributed by atoms with van der Waals surface area (Å²) in [5, 5.41) is 11.8. The predicted octanol–water partition coefficient (Wildman–Crippen LogP) is 3.34. The van der Waals surface area contributed by atoms with Gasteiger partial charge in [-0.25, -0.2) is 9.37 Å². The zero-order valence-electron chi connectivity index (χ0n) is 24.2. The van der Waals surface area contributed by atoms with Crippen LogP contribution >= 0.6 is 0 Å². The molecule has 2 aliphatic heterocycles. The van der Waals surface area contributed by atoms with Crippen molar-refractivity contribution in [1.82, 2.24) is 30.0 Å². The van der Waals surface area contributed by atoms with Gasteiger partial charge in [0.05, 0.1) is 17.7 Å². The summed E-state index contributed by atoms with van der Waals surface area (Å²) in [6, 6.07) is 7.37. The Hall–Kier alpha value is -4.32. The van der Waals surface area contributed by atoms with Gasteiger partial charge in [-0.3, -0.25) is 14.3 Å². The fourth-order valence-electron chi connectivity index (χ4n) is 6.07. The normalized spacial score (nSPS) is 20.8. The first-order chi connectivity index (χ1) is 20.1. The second-order valence-corrected chi connectivity index (χ2v) is 11.5. The second-order valence-electron chi connectivity index (χ2n) is 11.5. The number of benzene rings is 2. The number of hydrogen-bond donors (Lipinski definition) is 2. The van der Waals surface area contributed by atoms with E-state index in [1.165, 1.54) is 10.7 Å². The standard InChI is InChI=1S/C30H35FN8O3/c1-17-12-39(13-18(2)33-17)26-6-5-23(29(41)34-22-9-21-15-37(4)36-27(21)25(31)10-22)28-24(26)11-32-30(35-28)42-16-20-7-8-38(14-20)19(3)40/h5-6,9-11,15,17-18,20,33H,7-8,12-14,16H2,1-4H3,(H,34,41)/t17-,18-,20?/m0/s1. The van der Waals surface area contributed by atoms with E-state index in [0.717, 1.165) is 30.6 Å². The molecule has 0 saturated carbocycles. The molecule has 12 heteroatoms. The zero-order valence-corrected chi connectivity index (χ0v) is 24.2. The Kier molecular flexibility index (Phi) is 7.40. The van der Waals surface area contributed by atoms with Gasteiger partial charge in [-0.2, -0.15) is 10.1 Å². The van der Waals surface area contributed by atoms with Gasteiger partial charge in [-0.1, -0.05) is 0 Å². The van der Waals surface area contributed by atoms with Gasteiger partial charge in [-0.15, -0.1) is 0 Å². The molecule has 1 unspecified atom stereocenters. The molecular weight excluding hydrogens is 539 g/mol. The van der Waals surface area contributed by atoms with Crippen molar-refractivity contribution < 1.29 is 18.7 Å². The van der Waals surface area contributed by atoms with E-state index in [4.69, 9.17) is 9.72 Å². The Labute approximate surface area is 243 Å². The van der Waals surface area contributed by atoms with Gasteiger partial charge in [0.1, 0.15) is 5.52 Å². The van der Waals surface area contributed by atoms with Gasteiger partial charge in [0.15, 0.2) is 5.82 Å². The van der Waals surface area contributed by atoms with Crippen molar-refractivity contribution in [3.05, 3.63) is 48.0 Å². The quantitative estimate of drug-likeness (QED) is 0.360. The molecule has 0 radical (unpaired) electrons. The Morgan fingerprint density at radius 1 is 1.14 bits per heavy atom. The smallest absolute Gasteiger partial charge is 0.316 e. The topological polar surface area (TPSA) is 118 Å². The first-order valence-electron chi connectivity index (χ1n) is 14.3. The molecule has 2 aromatic carbocycles. The van der Waals surface area contributed by atoms with Gasteiger partial charge >= 0.3 is 6.01 Å². The minimum Gasteiger partial charge on any atom is -0.463 e. The molecule has 0 spiro atoms. The highest BCUT2D eigenvalue weighted by molar-refractivity contribution is 6.14. The molecule has 2 aromatic heterocycles. The van der Waals surface area contributed by atoms with E-state index in [0.29, 0.717) is 41.9 Å². The maximum atomic E-state index is 14.7. The molecule has 11 nitrogen and oxygen atoms in total. The zero-order chi connectivity index (χ0) is 29.5.